The average molecular weight is 328 g/mol. The predicted octanol–water partition coefficient (Wildman–Crippen LogP) is 2.96. The molecule has 2 aromatic rings. The second-order valence-electron chi connectivity index (χ2n) is 6.00. The van der Waals surface area contributed by atoms with Crippen LogP contribution in [0.15, 0.2) is 48.5 Å². The van der Waals surface area contributed by atoms with Crippen molar-refractivity contribution in [3.63, 3.8) is 0 Å². The van der Waals surface area contributed by atoms with E-state index in [4.69, 9.17) is 4.74 Å². The molecular formula is C19H21FN2O2. The smallest absolute Gasteiger partial charge is 0.253 e. The minimum atomic E-state index is -0.336. The maximum atomic E-state index is 13.1. The lowest BCUT2D eigenvalue weighted by molar-refractivity contribution is 0.0542. The molecule has 1 fully saturated rings. The molecule has 1 amide bonds. The first-order valence-electron chi connectivity index (χ1n) is 7.98. The summed E-state index contributed by atoms with van der Waals surface area (Å²) in [5.74, 6) is 0.422. The van der Waals surface area contributed by atoms with E-state index < -0.39 is 0 Å². The number of para-hydroxylation sites is 1. The van der Waals surface area contributed by atoms with E-state index in [1.54, 1.807) is 7.11 Å². The van der Waals surface area contributed by atoms with Crippen molar-refractivity contribution >= 4 is 5.91 Å². The van der Waals surface area contributed by atoms with E-state index in [2.05, 4.69) is 11.9 Å². The van der Waals surface area contributed by atoms with Crippen molar-refractivity contribution in [1.29, 1.82) is 0 Å². The number of nitrogens with zero attached hydrogens (tertiary/aromatic N) is 2. The van der Waals surface area contributed by atoms with E-state index >= 15 is 0 Å². The van der Waals surface area contributed by atoms with Crippen molar-refractivity contribution in [3.05, 3.63) is 65.5 Å². The number of ether oxygens (including phenoxy) is 1. The zero-order valence-corrected chi connectivity index (χ0v) is 13.9. The Labute approximate surface area is 141 Å². The van der Waals surface area contributed by atoms with Crippen molar-refractivity contribution in [2.75, 3.05) is 33.8 Å². The van der Waals surface area contributed by atoms with Gasteiger partial charge in [0.15, 0.2) is 0 Å². The SMILES string of the molecule is COc1ccccc1C1CN(C(=O)c2ccc(F)cc2)CCN1C. The van der Waals surface area contributed by atoms with Gasteiger partial charge >= 0.3 is 0 Å². The monoisotopic (exact) mass is 328 g/mol. The molecule has 1 heterocycles. The Morgan fingerprint density at radius 2 is 1.83 bits per heavy atom. The molecule has 0 bridgehead atoms. The molecule has 0 aliphatic carbocycles. The molecule has 4 nitrogen and oxygen atoms in total. The van der Waals surface area contributed by atoms with Gasteiger partial charge in [-0.1, -0.05) is 18.2 Å². The molecule has 0 saturated carbocycles. The third kappa shape index (κ3) is 3.26. The minimum absolute atomic E-state index is 0.0667. The average Bonchev–Trinajstić information content (AvgIpc) is 2.62. The van der Waals surface area contributed by atoms with E-state index in [-0.39, 0.29) is 17.8 Å². The van der Waals surface area contributed by atoms with Gasteiger partial charge in [0.25, 0.3) is 5.91 Å². The van der Waals surface area contributed by atoms with Crippen LogP contribution in [-0.4, -0.2) is 49.5 Å². The Balaban J connectivity index is 1.83. The minimum Gasteiger partial charge on any atom is -0.496 e. The quantitative estimate of drug-likeness (QED) is 0.868. The number of likely N-dealkylation sites (N-methyl/N-ethyl adjacent to an activating group) is 1. The van der Waals surface area contributed by atoms with E-state index in [1.807, 2.05) is 29.2 Å². The predicted molar refractivity (Wildman–Crippen MR) is 90.7 cm³/mol. The normalized spacial score (nSPS) is 18.5. The molecule has 0 N–H and O–H groups in total. The molecule has 1 unspecified atom stereocenters. The van der Waals surface area contributed by atoms with Gasteiger partial charge < -0.3 is 9.64 Å². The highest BCUT2D eigenvalue weighted by atomic mass is 19.1. The van der Waals surface area contributed by atoms with Crippen molar-refractivity contribution in [3.8, 4) is 5.75 Å². The second kappa shape index (κ2) is 7.01. The van der Waals surface area contributed by atoms with E-state index in [0.29, 0.717) is 18.7 Å². The molecule has 126 valence electrons. The molecular weight excluding hydrogens is 307 g/mol. The zero-order chi connectivity index (χ0) is 17.1. The van der Waals surface area contributed by atoms with Gasteiger partial charge in [0.05, 0.1) is 13.2 Å². The highest BCUT2D eigenvalue weighted by Gasteiger charge is 2.30. The molecule has 3 rings (SSSR count). The summed E-state index contributed by atoms with van der Waals surface area (Å²) in [6.45, 7) is 2.00. The van der Waals surface area contributed by atoms with Gasteiger partial charge in [-0.2, -0.15) is 0 Å². The molecule has 0 aromatic heterocycles. The Hall–Kier alpha value is -2.40. The van der Waals surface area contributed by atoms with Crippen molar-refractivity contribution in [2.45, 2.75) is 6.04 Å². The maximum absolute atomic E-state index is 13.1. The zero-order valence-electron chi connectivity index (χ0n) is 13.9. The van der Waals surface area contributed by atoms with E-state index in [9.17, 15) is 9.18 Å². The Morgan fingerprint density at radius 3 is 2.54 bits per heavy atom. The van der Waals surface area contributed by atoms with Gasteiger partial charge in [0, 0.05) is 30.8 Å². The number of hydrogen-bond acceptors (Lipinski definition) is 3. The van der Waals surface area contributed by atoms with Gasteiger partial charge in [-0.25, -0.2) is 4.39 Å². The molecule has 0 radical (unpaired) electrons. The first kappa shape index (κ1) is 16.5. The van der Waals surface area contributed by atoms with Crippen LogP contribution in [-0.2, 0) is 0 Å². The lowest BCUT2D eigenvalue weighted by atomic mass is 10.0. The van der Waals surface area contributed by atoms with Crippen LogP contribution < -0.4 is 4.74 Å². The van der Waals surface area contributed by atoms with Gasteiger partial charge in [0.2, 0.25) is 0 Å². The van der Waals surface area contributed by atoms with Gasteiger partial charge in [-0.05, 0) is 37.4 Å². The Bertz CT molecular complexity index is 718. The van der Waals surface area contributed by atoms with Gasteiger partial charge in [-0.15, -0.1) is 0 Å². The molecule has 1 aliphatic heterocycles. The number of halogens is 1. The molecule has 0 spiro atoms. The Morgan fingerprint density at radius 1 is 1.12 bits per heavy atom. The number of hydrogen-bond donors (Lipinski definition) is 0. The van der Waals surface area contributed by atoms with Crippen molar-refractivity contribution < 1.29 is 13.9 Å². The fourth-order valence-corrected chi connectivity index (χ4v) is 3.11. The second-order valence-corrected chi connectivity index (χ2v) is 6.00. The summed E-state index contributed by atoms with van der Waals surface area (Å²) in [4.78, 5) is 16.8. The number of rotatable bonds is 3. The maximum Gasteiger partial charge on any atom is 0.253 e. The fourth-order valence-electron chi connectivity index (χ4n) is 3.11. The first-order chi connectivity index (χ1) is 11.6. The number of methoxy groups -OCH3 is 1. The number of carbonyl (C=O) groups is 1. The van der Waals surface area contributed by atoms with Crippen LogP contribution >= 0.6 is 0 Å². The first-order valence-corrected chi connectivity index (χ1v) is 7.98. The number of benzene rings is 2. The lowest BCUT2D eigenvalue weighted by Gasteiger charge is -2.40. The third-order valence-electron chi connectivity index (χ3n) is 4.52. The van der Waals surface area contributed by atoms with Crippen molar-refractivity contribution in [2.24, 2.45) is 0 Å². The summed E-state index contributed by atoms with van der Waals surface area (Å²) in [7, 11) is 3.71. The summed E-state index contributed by atoms with van der Waals surface area (Å²) >= 11 is 0. The van der Waals surface area contributed by atoms with Gasteiger partial charge in [0.1, 0.15) is 11.6 Å². The summed E-state index contributed by atoms with van der Waals surface area (Å²) in [6.07, 6.45) is 0. The van der Waals surface area contributed by atoms with Crippen LogP contribution in [0.4, 0.5) is 4.39 Å². The summed E-state index contributed by atoms with van der Waals surface area (Å²) < 4.78 is 18.5. The van der Waals surface area contributed by atoms with Crippen LogP contribution in [0.2, 0.25) is 0 Å². The highest BCUT2D eigenvalue weighted by molar-refractivity contribution is 5.94. The molecule has 1 atom stereocenters. The molecule has 1 aliphatic rings. The number of carbonyl (C=O) groups excluding carboxylic acids is 1. The van der Waals surface area contributed by atoms with Crippen LogP contribution in [0.3, 0.4) is 0 Å². The fraction of sp³-hybridized carbons (Fsp3) is 0.316. The van der Waals surface area contributed by atoms with Crippen LogP contribution in [0, 0.1) is 5.82 Å². The molecule has 24 heavy (non-hydrogen) atoms. The highest BCUT2D eigenvalue weighted by Crippen LogP contribution is 2.31. The van der Waals surface area contributed by atoms with Crippen LogP contribution in [0.1, 0.15) is 22.0 Å². The van der Waals surface area contributed by atoms with Crippen LogP contribution in [0.25, 0.3) is 0 Å². The largest absolute Gasteiger partial charge is 0.496 e. The molecule has 2 aromatic carbocycles. The Kier molecular flexibility index (Phi) is 4.81. The third-order valence-corrected chi connectivity index (χ3v) is 4.52. The summed E-state index contributed by atoms with van der Waals surface area (Å²) in [5.41, 5.74) is 1.58. The van der Waals surface area contributed by atoms with Crippen molar-refractivity contribution in [1.82, 2.24) is 9.80 Å². The van der Waals surface area contributed by atoms with E-state index in [0.717, 1.165) is 17.9 Å². The summed E-state index contributed by atoms with van der Waals surface area (Å²) in [6, 6.07) is 13.7. The number of piperazine rings is 1. The topological polar surface area (TPSA) is 32.8 Å². The molecule has 1 saturated heterocycles. The van der Waals surface area contributed by atoms with Gasteiger partial charge in [-0.3, -0.25) is 9.69 Å². The standard InChI is InChI=1S/C19H21FN2O2/c1-21-11-12-22(19(23)14-7-9-15(20)10-8-14)13-17(21)16-5-3-4-6-18(16)24-2/h3-10,17H,11-13H2,1-2H3. The van der Waals surface area contributed by atoms with E-state index in [1.165, 1.54) is 24.3 Å². The van der Waals surface area contributed by atoms with Crippen LogP contribution in [0.5, 0.6) is 5.75 Å². The summed E-state index contributed by atoms with van der Waals surface area (Å²) in [5, 5.41) is 0. The lowest BCUT2D eigenvalue weighted by Crippen LogP contribution is -2.49. The number of amides is 1. The molecule has 5 heteroatoms.